The number of aromatic nitrogens is 2. The number of nitrogens with zero attached hydrogens (tertiary/aromatic N) is 3. The topological polar surface area (TPSA) is 38.2 Å². The van der Waals surface area contributed by atoms with Gasteiger partial charge in [-0.1, -0.05) is 20.8 Å². The zero-order valence-corrected chi connectivity index (χ0v) is 14.6. The Morgan fingerprint density at radius 3 is 2.50 bits per heavy atom. The fraction of sp³-hybridized carbons (Fsp3) is 0.733. The van der Waals surface area contributed by atoms with Gasteiger partial charge in [-0.05, 0) is 35.2 Å². The Morgan fingerprint density at radius 1 is 1.25 bits per heavy atom. The average Bonchev–Trinajstić information content (AvgIpc) is 2.43. The van der Waals surface area contributed by atoms with Gasteiger partial charge in [-0.15, -0.1) is 0 Å². The van der Waals surface area contributed by atoms with Gasteiger partial charge in [0.15, 0.2) is 0 Å². The molecule has 0 aliphatic heterocycles. The highest BCUT2D eigenvalue weighted by atomic mass is 79.9. The van der Waals surface area contributed by atoms with Crippen LogP contribution in [-0.4, -0.2) is 36.3 Å². The molecular formula is C15H26BrN3O. The number of rotatable bonds is 9. The molecule has 0 amide bonds. The van der Waals surface area contributed by atoms with Crippen molar-refractivity contribution < 1.29 is 4.74 Å². The lowest BCUT2D eigenvalue weighted by Gasteiger charge is -2.31. The second-order valence-corrected chi connectivity index (χ2v) is 5.68. The molecule has 4 nitrogen and oxygen atoms in total. The summed E-state index contributed by atoms with van der Waals surface area (Å²) in [6.07, 6.45) is 4.17. The van der Waals surface area contributed by atoms with Crippen molar-refractivity contribution in [3.05, 3.63) is 16.5 Å². The second-order valence-electron chi connectivity index (χ2n) is 4.87. The van der Waals surface area contributed by atoms with Crippen molar-refractivity contribution in [3.63, 3.8) is 0 Å². The van der Waals surface area contributed by atoms with Gasteiger partial charge in [0.05, 0.1) is 6.61 Å². The van der Waals surface area contributed by atoms with Gasteiger partial charge in [-0.25, -0.2) is 9.97 Å². The molecule has 1 heterocycles. The standard InChI is InChI=1S/C15H26BrN3O/c1-5-8-14-17-13(16)11-15(18-14)19(9-10-20-4)12(6-2)7-3/h11-12H,5-10H2,1-4H3. The Hall–Kier alpha value is -0.680. The van der Waals surface area contributed by atoms with Crippen molar-refractivity contribution in [2.75, 3.05) is 25.2 Å². The first-order chi connectivity index (χ1) is 9.65. The monoisotopic (exact) mass is 343 g/mol. The largest absolute Gasteiger partial charge is 0.383 e. The van der Waals surface area contributed by atoms with E-state index in [1.807, 2.05) is 6.07 Å². The molecule has 20 heavy (non-hydrogen) atoms. The highest BCUT2D eigenvalue weighted by Gasteiger charge is 2.18. The van der Waals surface area contributed by atoms with Crippen LogP contribution < -0.4 is 4.90 Å². The molecule has 0 atom stereocenters. The number of aryl methyl sites for hydroxylation is 1. The Labute approximate surface area is 131 Å². The fourth-order valence-corrected chi connectivity index (χ4v) is 2.75. The third-order valence-electron chi connectivity index (χ3n) is 3.42. The third-order valence-corrected chi connectivity index (χ3v) is 3.82. The lowest BCUT2D eigenvalue weighted by molar-refractivity contribution is 0.202. The molecule has 1 rings (SSSR count). The smallest absolute Gasteiger partial charge is 0.133 e. The van der Waals surface area contributed by atoms with Gasteiger partial charge in [-0.3, -0.25) is 0 Å². The van der Waals surface area contributed by atoms with Gasteiger partial charge in [0.1, 0.15) is 16.2 Å². The van der Waals surface area contributed by atoms with Gasteiger partial charge in [-0.2, -0.15) is 0 Å². The summed E-state index contributed by atoms with van der Waals surface area (Å²) in [5.74, 6) is 1.91. The maximum absolute atomic E-state index is 5.24. The predicted octanol–water partition coefficient (Wildman–Crippen LogP) is 3.83. The van der Waals surface area contributed by atoms with Crippen molar-refractivity contribution in [2.45, 2.75) is 52.5 Å². The maximum Gasteiger partial charge on any atom is 0.133 e. The van der Waals surface area contributed by atoms with E-state index in [4.69, 9.17) is 9.72 Å². The molecule has 0 fully saturated rings. The molecule has 0 N–H and O–H groups in total. The minimum Gasteiger partial charge on any atom is -0.383 e. The molecule has 1 aromatic heterocycles. The number of anilines is 1. The van der Waals surface area contributed by atoms with E-state index < -0.39 is 0 Å². The van der Waals surface area contributed by atoms with E-state index in [0.717, 1.165) is 48.5 Å². The Morgan fingerprint density at radius 2 is 1.95 bits per heavy atom. The molecular weight excluding hydrogens is 318 g/mol. The van der Waals surface area contributed by atoms with Crippen LogP contribution in [0.2, 0.25) is 0 Å². The molecule has 0 unspecified atom stereocenters. The van der Waals surface area contributed by atoms with Gasteiger partial charge >= 0.3 is 0 Å². The number of methoxy groups -OCH3 is 1. The van der Waals surface area contributed by atoms with Crippen LogP contribution in [-0.2, 0) is 11.2 Å². The lowest BCUT2D eigenvalue weighted by atomic mass is 10.1. The molecule has 0 bridgehead atoms. The summed E-state index contributed by atoms with van der Waals surface area (Å²) >= 11 is 3.50. The van der Waals surface area contributed by atoms with Crippen molar-refractivity contribution >= 4 is 21.7 Å². The summed E-state index contributed by atoms with van der Waals surface area (Å²) in [5.41, 5.74) is 0. The van der Waals surface area contributed by atoms with E-state index >= 15 is 0 Å². The van der Waals surface area contributed by atoms with Crippen LogP contribution in [0.15, 0.2) is 10.7 Å². The first kappa shape index (κ1) is 17.4. The van der Waals surface area contributed by atoms with Crippen molar-refractivity contribution in [1.82, 2.24) is 9.97 Å². The van der Waals surface area contributed by atoms with Crippen LogP contribution in [0.4, 0.5) is 5.82 Å². The van der Waals surface area contributed by atoms with Crippen LogP contribution in [0.1, 0.15) is 45.9 Å². The van der Waals surface area contributed by atoms with Crippen LogP contribution in [0, 0.1) is 0 Å². The normalized spacial score (nSPS) is 11.1. The van der Waals surface area contributed by atoms with Crippen LogP contribution in [0.3, 0.4) is 0 Å². The predicted molar refractivity (Wildman–Crippen MR) is 87.3 cm³/mol. The highest BCUT2D eigenvalue weighted by Crippen LogP contribution is 2.21. The summed E-state index contributed by atoms with van der Waals surface area (Å²) in [6, 6.07) is 2.49. The Balaban J connectivity index is 3.04. The number of hydrogen-bond donors (Lipinski definition) is 0. The number of ether oxygens (including phenoxy) is 1. The third kappa shape index (κ3) is 5.02. The maximum atomic E-state index is 5.24. The van der Waals surface area contributed by atoms with Crippen molar-refractivity contribution in [3.8, 4) is 0 Å². The molecule has 0 aliphatic rings. The summed E-state index contributed by atoms with van der Waals surface area (Å²) < 4.78 is 6.10. The minimum atomic E-state index is 0.487. The molecule has 1 aromatic rings. The van der Waals surface area contributed by atoms with Gasteiger partial charge in [0.25, 0.3) is 0 Å². The zero-order chi connectivity index (χ0) is 15.0. The van der Waals surface area contributed by atoms with E-state index in [9.17, 15) is 0 Å². The first-order valence-electron chi connectivity index (χ1n) is 7.45. The van der Waals surface area contributed by atoms with Crippen LogP contribution in [0.5, 0.6) is 0 Å². The summed E-state index contributed by atoms with van der Waals surface area (Å²) in [5, 5.41) is 0. The summed E-state index contributed by atoms with van der Waals surface area (Å²) in [6.45, 7) is 8.15. The Bertz CT molecular complexity index is 397. The fourth-order valence-electron chi connectivity index (χ4n) is 2.34. The van der Waals surface area contributed by atoms with E-state index in [1.54, 1.807) is 7.11 Å². The van der Waals surface area contributed by atoms with Gasteiger partial charge in [0.2, 0.25) is 0 Å². The molecule has 5 heteroatoms. The number of hydrogen-bond acceptors (Lipinski definition) is 4. The highest BCUT2D eigenvalue weighted by molar-refractivity contribution is 9.10. The van der Waals surface area contributed by atoms with E-state index in [0.29, 0.717) is 12.6 Å². The molecule has 0 radical (unpaired) electrons. The molecule has 0 aliphatic carbocycles. The Kier molecular flexibility index (Phi) is 8.07. The summed E-state index contributed by atoms with van der Waals surface area (Å²) in [7, 11) is 1.74. The van der Waals surface area contributed by atoms with Crippen LogP contribution in [0.25, 0.3) is 0 Å². The summed E-state index contributed by atoms with van der Waals surface area (Å²) in [4.78, 5) is 11.5. The lowest BCUT2D eigenvalue weighted by Crippen LogP contribution is -2.38. The van der Waals surface area contributed by atoms with E-state index in [1.165, 1.54) is 0 Å². The molecule has 0 saturated carbocycles. The van der Waals surface area contributed by atoms with Gasteiger partial charge < -0.3 is 9.64 Å². The minimum absolute atomic E-state index is 0.487. The molecule has 0 spiro atoms. The van der Waals surface area contributed by atoms with E-state index in [2.05, 4.69) is 46.6 Å². The quantitative estimate of drug-likeness (QED) is 0.638. The van der Waals surface area contributed by atoms with Crippen molar-refractivity contribution in [1.29, 1.82) is 0 Å². The first-order valence-corrected chi connectivity index (χ1v) is 8.24. The van der Waals surface area contributed by atoms with Gasteiger partial charge in [0, 0.05) is 32.2 Å². The number of halogens is 1. The SMILES string of the molecule is CCCc1nc(Br)cc(N(CCOC)C(CC)CC)n1. The average molecular weight is 344 g/mol. The van der Waals surface area contributed by atoms with Crippen molar-refractivity contribution in [2.24, 2.45) is 0 Å². The van der Waals surface area contributed by atoms with E-state index in [-0.39, 0.29) is 0 Å². The zero-order valence-electron chi connectivity index (χ0n) is 13.0. The van der Waals surface area contributed by atoms with Crippen LogP contribution >= 0.6 is 15.9 Å². The molecule has 114 valence electrons. The molecule has 0 saturated heterocycles. The molecule has 0 aromatic carbocycles. The second kappa shape index (κ2) is 9.29.